The van der Waals surface area contributed by atoms with E-state index in [1.807, 2.05) is 49.4 Å². The molecule has 26 heavy (non-hydrogen) atoms. The summed E-state index contributed by atoms with van der Waals surface area (Å²) in [5.41, 5.74) is 6.59. The molecule has 0 bridgehead atoms. The molecule has 0 heterocycles. The second-order valence-corrected chi connectivity index (χ2v) is 6.20. The number of hydrazone groups is 1. The van der Waals surface area contributed by atoms with Crippen LogP contribution in [0, 0.1) is 0 Å². The van der Waals surface area contributed by atoms with E-state index in [-0.39, 0.29) is 12.5 Å². The minimum Gasteiger partial charge on any atom is -0.376 e. The van der Waals surface area contributed by atoms with Gasteiger partial charge in [-0.1, -0.05) is 61.5 Å². The Bertz CT molecular complexity index is 930. The van der Waals surface area contributed by atoms with Crippen LogP contribution in [0.2, 0.25) is 0 Å². The third-order valence-electron chi connectivity index (χ3n) is 4.33. The monoisotopic (exact) mass is 345 g/mol. The molecule has 4 heteroatoms. The van der Waals surface area contributed by atoms with Gasteiger partial charge in [0.1, 0.15) is 0 Å². The normalized spacial score (nSPS) is 11.4. The van der Waals surface area contributed by atoms with Crippen molar-refractivity contribution in [1.29, 1.82) is 0 Å². The third-order valence-corrected chi connectivity index (χ3v) is 4.33. The molecule has 132 valence electrons. The lowest BCUT2D eigenvalue weighted by Gasteiger charge is -2.07. The highest BCUT2D eigenvalue weighted by Gasteiger charge is 2.03. The van der Waals surface area contributed by atoms with Gasteiger partial charge in [-0.05, 0) is 47.4 Å². The van der Waals surface area contributed by atoms with E-state index in [0.717, 1.165) is 28.8 Å². The number of rotatable bonds is 6. The number of nitrogens with zero attached hydrogens (tertiary/aromatic N) is 1. The van der Waals surface area contributed by atoms with Crippen LogP contribution in [0.5, 0.6) is 0 Å². The Hall–Kier alpha value is -3.14. The summed E-state index contributed by atoms with van der Waals surface area (Å²) in [5, 5.41) is 9.64. The summed E-state index contributed by atoms with van der Waals surface area (Å²) in [6.07, 6.45) is 1.01. The lowest BCUT2D eigenvalue weighted by atomic mass is 10.1. The first-order valence-electron chi connectivity index (χ1n) is 8.81. The zero-order valence-electron chi connectivity index (χ0n) is 15.1. The van der Waals surface area contributed by atoms with Crippen molar-refractivity contribution in [1.82, 2.24) is 5.43 Å². The Morgan fingerprint density at radius 3 is 2.42 bits per heavy atom. The summed E-state index contributed by atoms with van der Waals surface area (Å²) in [7, 11) is 0. The first-order chi connectivity index (χ1) is 12.7. The van der Waals surface area contributed by atoms with Crippen molar-refractivity contribution >= 4 is 28.1 Å². The predicted octanol–water partition coefficient (Wildman–Crippen LogP) is 4.35. The number of benzene rings is 3. The number of anilines is 1. The molecule has 0 aliphatic heterocycles. The van der Waals surface area contributed by atoms with Crippen LogP contribution in [0.3, 0.4) is 0 Å². The zero-order chi connectivity index (χ0) is 18.4. The van der Waals surface area contributed by atoms with E-state index in [1.165, 1.54) is 10.9 Å². The Labute approximate surface area is 153 Å². The minimum absolute atomic E-state index is 0.171. The van der Waals surface area contributed by atoms with E-state index < -0.39 is 0 Å². The topological polar surface area (TPSA) is 53.5 Å². The summed E-state index contributed by atoms with van der Waals surface area (Å²) in [6, 6.07) is 22.4. The van der Waals surface area contributed by atoms with Gasteiger partial charge < -0.3 is 5.32 Å². The number of hydrogen-bond donors (Lipinski definition) is 2. The van der Waals surface area contributed by atoms with Crippen LogP contribution in [-0.4, -0.2) is 18.2 Å². The Kier molecular flexibility index (Phi) is 5.64. The standard InChI is InChI=1S/C22H23N3O/c1-3-17-8-10-18(11-9-17)16(2)24-25-22(26)15-23-21-13-12-19-6-4-5-7-20(19)14-21/h4-14,23H,3,15H2,1-2H3,(H,25,26). The fraction of sp³-hybridized carbons (Fsp3) is 0.182. The summed E-state index contributed by atoms with van der Waals surface area (Å²) in [4.78, 5) is 12.0. The first kappa shape index (κ1) is 17.7. The molecule has 3 rings (SSSR count). The van der Waals surface area contributed by atoms with Crippen molar-refractivity contribution in [3.05, 3.63) is 77.9 Å². The molecule has 0 aliphatic carbocycles. The fourth-order valence-electron chi connectivity index (χ4n) is 2.71. The molecule has 3 aromatic rings. The molecule has 4 nitrogen and oxygen atoms in total. The minimum atomic E-state index is -0.178. The third kappa shape index (κ3) is 4.48. The van der Waals surface area contributed by atoms with E-state index in [1.54, 1.807) is 0 Å². The number of carbonyl (C=O) groups excluding carboxylic acids is 1. The molecular formula is C22H23N3O. The van der Waals surface area contributed by atoms with E-state index >= 15 is 0 Å². The van der Waals surface area contributed by atoms with Gasteiger partial charge in [0.15, 0.2) is 0 Å². The van der Waals surface area contributed by atoms with Crippen LogP contribution in [0.25, 0.3) is 10.8 Å². The van der Waals surface area contributed by atoms with Gasteiger partial charge >= 0.3 is 0 Å². The highest BCUT2D eigenvalue weighted by atomic mass is 16.2. The molecule has 3 aromatic carbocycles. The van der Waals surface area contributed by atoms with E-state index in [2.05, 4.69) is 47.0 Å². The average molecular weight is 345 g/mol. The van der Waals surface area contributed by atoms with Crippen LogP contribution < -0.4 is 10.7 Å². The number of carbonyl (C=O) groups is 1. The molecule has 0 unspecified atom stereocenters. The molecule has 0 atom stereocenters. The molecule has 0 aromatic heterocycles. The van der Waals surface area contributed by atoms with Crippen molar-refractivity contribution in [2.24, 2.45) is 5.10 Å². The van der Waals surface area contributed by atoms with Gasteiger partial charge in [0, 0.05) is 5.69 Å². The van der Waals surface area contributed by atoms with Gasteiger partial charge in [0.25, 0.3) is 5.91 Å². The number of fused-ring (bicyclic) bond motifs is 1. The van der Waals surface area contributed by atoms with Gasteiger partial charge in [-0.2, -0.15) is 5.10 Å². The number of aryl methyl sites for hydroxylation is 1. The van der Waals surface area contributed by atoms with Crippen LogP contribution >= 0.6 is 0 Å². The highest BCUT2D eigenvalue weighted by Crippen LogP contribution is 2.18. The van der Waals surface area contributed by atoms with Gasteiger partial charge in [-0.15, -0.1) is 0 Å². The molecule has 2 N–H and O–H groups in total. The quantitative estimate of drug-likeness (QED) is 0.515. The van der Waals surface area contributed by atoms with Gasteiger partial charge in [-0.25, -0.2) is 5.43 Å². The van der Waals surface area contributed by atoms with Crippen molar-refractivity contribution in [2.75, 3.05) is 11.9 Å². The molecular weight excluding hydrogens is 322 g/mol. The molecule has 0 fully saturated rings. The summed E-state index contributed by atoms with van der Waals surface area (Å²) < 4.78 is 0. The molecule has 0 saturated heterocycles. The largest absolute Gasteiger partial charge is 0.376 e. The lowest BCUT2D eigenvalue weighted by molar-refractivity contribution is -0.119. The van der Waals surface area contributed by atoms with Crippen LogP contribution in [-0.2, 0) is 11.2 Å². The maximum atomic E-state index is 12.0. The van der Waals surface area contributed by atoms with Gasteiger partial charge in [0.05, 0.1) is 12.3 Å². The van der Waals surface area contributed by atoms with Crippen LogP contribution in [0.1, 0.15) is 25.0 Å². The SMILES string of the molecule is CCc1ccc(C(C)=NNC(=O)CNc2ccc3ccccc3c2)cc1. The van der Waals surface area contributed by atoms with Crippen LogP contribution in [0.15, 0.2) is 71.8 Å². The van der Waals surface area contributed by atoms with Crippen molar-refractivity contribution in [3.8, 4) is 0 Å². The summed E-state index contributed by atoms with van der Waals surface area (Å²) >= 11 is 0. The summed E-state index contributed by atoms with van der Waals surface area (Å²) in [6.45, 7) is 4.18. The second-order valence-electron chi connectivity index (χ2n) is 6.20. The maximum Gasteiger partial charge on any atom is 0.259 e. The van der Waals surface area contributed by atoms with Crippen molar-refractivity contribution < 1.29 is 4.79 Å². The smallest absolute Gasteiger partial charge is 0.259 e. The molecule has 0 spiro atoms. The Balaban J connectivity index is 1.55. The van der Waals surface area contributed by atoms with E-state index in [0.29, 0.717) is 0 Å². The fourth-order valence-corrected chi connectivity index (χ4v) is 2.71. The first-order valence-corrected chi connectivity index (χ1v) is 8.81. The molecule has 0 radical (unpaired) electrons. The maximum absolute atomic E-state index is 12.0. The zero-order valence-corrected chi connectivity index (χ0v) is 15.1. The molecule has 0 aliphatic rings. The van der Waals surface area contributed by atoms with Crippen molar-refractivity contribution in [2.45, 2.75) is 20.3 Å². The summed E-state index contributed by atoms with van der Waals surface area (Å²) in [5.74, 6) is -0.178. The van der Waals surface area contributed by atoms with Crippen LogP contribution in [0.4, 0.5) is 5.69 Å². The van der Waals surface area contributed by atoms with E-state index in [9.17, 15) is 4.79 Å². The van der Waals surface area contributed by atoms with Gasteiger partial charge in [-0.3, -0.25) is 4.79 Å². The Morgan fingerprint density at radius 2 is 1.69 bits per heavy atom. The van der Waals surface area contributed by atoms with Gasteiger partial charge in [0.2, 0.25) is 0 Å². The number of amides is 1. The second kappa shape index (κ2) is 8.30. The average Bonchev–Trinajstić information content (AvgIpc) is 2.70. The predicted molar refractivity (Wildman–Crippen MR) is 109 cm³/mol. The Morgan fingerprint density at radius 1 is 0.962 bits per heavy atom. The molecule has 1 amide bonds. The number of hydrogen-bond acceptors (Lipinski definition) is 3. The highest BCUT2D eigenvalue weighted by molar-refractivity contribution is 5.99. The lowest BCUT2D eigenvalue weighted by Crippen LogP contribution is -2.26. The van der Waals surface area contributed by atoms with E-state index in [4.69, 9.17) is 0 Å². The molecule has 0 saturated carbocycles. The van der Waals surface area contributed by atoms with Crippen molar-refractivity contribution in [3.63, 3.8) is 0 Å². The number of nitrogens with one attached hydrogen (secondary N) is 2.